The standard InChI is InChI=1S/C29H26O10/c1-13(2)12-37-21-9-14(5-7-20(21)36-3)16-10-23(33)38-22-11-19(32)25-26(34)27(35)28(39-29(25)24(16)22)15-4-6-17(30)18(31)8-15/h4-9,11,13,16,30-32,35H,10,12H2,1-3H3/t16-/m1/s1. The van der Waals surface area contributed by atoms with Crippen molar-refractivity contribution in [1.82, 2.24) is 0 Å². The van der Waals surface area contributed by atoms with Crippen molar-refractivity contribution in [3.8, 4) is 51.6 Å². The summed E-state index contributed by atoms with van der Waals surface area (Å²) in [5.41, 5.74) is 0.0126. The molecule has 1 atom stereocenters. The molecule has 1 aromatic heterocycles. The first-order valence-corrected chi connectivity index (χ1v) is 12.2. The minimum atomic E-state index is -0.926. The van der Waals surface area contributed by atoms with E-state index >= 15 is 0 Å². The summed E-state index contributed by atoms with van der Waals surface area (Å²) >= 11 is 0. The molecule has 0 bridgehead atoms. The van der Waals surface area contributed by atoms with Crippen LogP contribution in [0.25, 0.3) is 22.3 Å². The Kier molecular flexibility index (Phi) is 6.47. The number of hydrogen-bond acceptors (Lipinski definition) is 10. The number of carbonyl (C=O) groups is 1. The molecule has 0 fully saturated rings. The van der Waals surface area contributed by atoms with Crippen molar-refractivity contribution in [2.75, 3.05) is 13.7 Å². The molecule has 0 unspecified atom stereocenters. The number of rotatable bonds is 6. The maximum absolute atomic E-state index is 13.2. The van der Waals surface area contributed by atoms with Gasteiger partial charge in [0.05, 0.1) is 20.1 Å². The van der Waals surface area contributed by atoms with Gasteiger partial charge in [-0.05, 0) is 41.8 Å². The molecule has 3 aromatic carbocycles. The third-order valence-electron chi connectivity index (χ3n) is 6.47. The van der Waals surface area contributed by atoms with Crippen molar-refractivity contribution in [3.63, 3.8) is 0 Å². The van der Waals surface area contributed by atoms with Crippen LogP contribution in [0.4, 0.5) is 0 Å². The number of esters is 1. The van der Waals surface area contributed by atoms with Gasteiger partial charge in [-0.15, -0.1) is 0 Å². The third kappa shape index (κ3) is 4.54. The normalized spacial score (nSPS) is 14.8. The molecule has 0 spiro atoms. The minimum absolute atomic E-state index is 0.00457. The first-order chi connectivity index (χ1) is 18.6. The summed E-state index contributed by atoms with van der Waals surface area (Å²) in [5.74, 6) is -2.58. The Morgan fingerprint density at radius 2 is 1.72 bits per heavy atom. The molecule has 0 amide bonds. The lowest BCUT2D eigenvalue weighted by molar-refractivity contribution is -0.135. The Hall–Kier alpha value is -4.86. The second kappa shape index (κ2) is 9.79. The lowest BCUT2D eigenvalue weighted by atomic mass is 9.85. The zero-order valence-electron chi connectivity index (χ0n) is 21.3. The average molecular weight is 535 g/mol. The molecule has 10 heteroatoms. The molecule has 5 rings (SSSR count). The van der Waals surface area contributed by atoms with Gasteiger partial charge < -0.3 is 39.1 Å². The van der Waals surface area contributed by atoms with E-state index in [0.717, 1.165) is 12.1 Å². The molecule has 4 aromatic rings. The van der Waals surface area contributed by atoms with Crippen molar-refractivity contribution < 1.29 is 43.8 Å². The van der Waals surface area contributed by atoms with Gasteiger partial charge in [0.2, 0.25) is 11.2 Å². The van der Waals surface area contributed by atoms with Gasteiger partial charge in [-0.25, -0.2) is 0 Å². The molecular weight excluding hydrogens is 508 g/mol. The van der Waals surface area contributed by atoms with E-state index in [1.54, 1.807) is 18.2 Å². The molecular formula is C29H26O10. The van der Waals surface area contributed by atoms with Crippen LogP contribution in [0.2, 0.25) is 0 Å². The quantitative estimate of drug-likeness (QED) is 0.154. The summed E-state index contributed by atoms with van der Waals surface area (Å²) in [5, 5.41) is 40.7. The molecule has 39 heavy (non-hydrogen) atoms. The van der Waals surface area contributed by atoms with Gasteiger partial charge in [0, 0.05) is 23.1 Å². The lowest BCUT2D eigenvalue weighted by Gasteiger charge is -2.26. The first-order valence-electron chi connectivity index (χ1n) is 12.2. The second-order valence-electron chi connectivity index (χ2n) is 9.67. The van der Waals surface area contributed by atoms with E-state index < -0.39 is 40.3 Å². The van der Waals surface area contributed by atoms with Crippen LogP contribution in [-0.4, -0.2) is 40.1 Å². The van der Waals surface area contributed by atoms with Crippen molar-refractivity contribution >= 4 is 16.9 Å². The largest absolute Gasteiger partial charge is 0.507 e. The zero-order valence-corrected chi connectivity index (χ0v) is 21.3. The fourth-order valence-electron chi connectivity index (χ4n) is 4.61. The Labute approximate surface area is 222 Å². The number of hydrogen-bond donors (Lipinski definition) is 4. The molecule has 4 N–H and O–H groups in total. The number of fused-ring (bicyclic) bond motifs is 3. The van der Waals surface area contributed by atoms with E-state index in [2.05, 4.69) is 0 Å². The van der Waals surface area contributed by atoms with Crippen molar-refractivity contribution in [1.29, 1.82) is 0 Å². The van der Waals surface area contributed by atoms with Crippen LogP contribution < -0.4 is 19.6 Å². The molecule has 2 heterocycles. The van der Waals surface area contributed by atoms with Crippen LogP contribution in [0.1, 0.15) is 37.3 Å². The zero-order chi connectivity index (χ0) is 28.0. The number of benzene rings is 3. The van der Waals surface area contributed by atoms with Gasteiger partial charge >= 0.3 is 5.97 Å². The fourth-order valence-corrected chi connectivity index (χ4v) is 4.61. The van der Waals surface area contributed by atoms with E-state index in [1.165, 1.54) is 19.2 Å². The average Bonchev–Trinajstić information content (AvgIpc) is 2.90. The predicted octanol–water partition coefficient (Wildman–Crippen LogP) is 4.77. The summed E-state index contributed by atoms with van der Waals surface area (Å²) in [6, 6.07) is 9.98. The molecule has 1 aliphatic heterocycles. The maximum atomic E-state index is 13.2. The third-order valence-corrected chi connectivity index (χ3v) is 6.47. The molecule has 202 valence electrons. The van der Waals surface area contributed by atoms with E-state index in [1.807, 2.05) is 13.8 Å². The number of phenolic OH excluding ortho intramolecular Hbond substituents is 3. The summed E-state index contributed by atoms with van der Waals surface area (Å²) in [6.07, 6.45) is -0.108. The number of aromatic hydroxyl groups is 4. The van der Waals surface area contributed by atoms with Crippen LogP contribution in [-0.2, 0) is 4.79 Å². The highest BCUT2D eigenvalue weighted by atomic mass is 16.5. The number of phenols is 3. The van der Waals surface area contributed by atoms with Crippen molar-refractivity contribution in [3.05, 3.63) is 63.8 Å². The van der Waals surface area contributed by atoms with Crippen molar-refractivity contribution in [2.45, 2.75) is 26.2 Å². The van der Waals surface area contributed by atoms with Gasteiger partial charge in [-0.3, -0.25) is 9.59 Å². The van der Waals surface area contributed by atoms with Gasteiger partial charge in [-0.2, -0.15) is 0 Å². The molecule has 0 aliphatic carbocycles. The van der Waals surface area contributed by atoms with Crippen molar-refractivity contribution in [2.24, 2.45) is 5.92 Å². The highest BCUT2D eigenvalue weighted by Crippen LogP contribution is 2.48. The Morgan fingerprint density at radius 3 is 2.41 bits per heavy atom. The molecule has 10 nitrogen and oxygen atoms in total. The second-order valence-corrected chi connectivity index (χ2v) is 9.67. The summed E-state index contributed by atoms with van der Waals surface area (Å²) in [7, 11) is 1.52. The Morgan fingerprint density at radius 1 is 0.949 bits per heavy atom. The summed E-state index contributed by atoms with van der Waals surface area (Å²) in [6.45, 7) is 4.44. The number of methoxy groups -OCH3 is 1. The lowest BCUT2D eigenvalue weighted by Crippen LogP contribution is -2.22. The van der Waals surface area contributed by atoms with E-state index in [9.17, 15) is 30.0 Å². The smallest absolute Gasteiger partial charge is 0.312 e. The summed E-state index contributed by atoms with van der Waals surface area (Å²) in [4.78, 5) is 25.9. The van der Waals surface area contributed by atoms with Crippen LogP contribution in [0.3, 0.4) is 0 Å². The van der Waals surface area contributed by atoms with Gasteiger partial charge in [0.25, 0.3) is 0 Å². The minimum Gasteiger partial charge on any atom is -0.507 e. The van der Waals surface area contributed by atoms with Gasteiger partial charge in [-0.1, -0.05) is 19.9 Å². The number of carbonyl (C=O) groups excluding carboxylic acids is 1. The molecule has 0 radical (unpaired) electrons. The molecule has 0 saturated carbocycles. The van der Waals surface area contributed by atoms with Gasteiger partial charge in [0.15, 0.2) is 28.8 Å². The first kappa shape index (κ1) is 25.8. The number of ether oxygens (including phenoxy) is 3. The van der Waals surface area contributed by atoms with Crippen LogP contribution >= 0.6 is 0 Å². The molecule has 0 saturated heterocycles. The SMILES string of the molecule is COc1ccc([C@H]2CC(=O)Oc3cc(O)c4c(=O)c(O)c(-c5ccc(O)c(O)c5)oc4c32)cc1OCC(C)C. The van der Waals surface area contributed by atoms with E-state index in [0.29, 0.717) is 29.2 Å². The van der Waals surface area contributed by atoms with Gasteiger partial charge in [0.1, 0.15) is 22.5 Å². The Bertz CT molecular complexity index is 1670. The predicted molar refractivity (Wildman–Crippen MR) is 140 cm³/mol. The molecule has 1 aliphatic rings. The Balaban J connectivity index is 1.76. The highest BCUT2D eigenvalue weighted by Gasteiger charge is 2.35. The van der Waals surface area contributed by atoms with Crippen LogP contribution in [0, 0.1) is 5.92 Å². The topological polar surface area (TPSA) is 156 Å². The summed E-state index contributed by atoms with van der Waals surface area (Å²) < 4.78 is 22.8. The van der Waals surface area contributed by atoms with Crippen LogP contribution in [0.15, 0.2) is 51.7 Å². The monoisotopic (exact) mass is 534 g/mol. The highest BCUT2D eigenvalue weighted by molar-refractivity contribution is 5.94. The maximum Gasteiger partial charge on any atom is 0.312 e. The van der Waals surface area contributed by atoms with E-state index in [-0.39, 0.29) is 40.4 Å². The van der Waals surface area contributed by atoms with Crippen LogP contribution in [0.5, 0.6) is 40.2 Å². The van der Waals surface area contributed by atoms with E-state index in [4.69, 9.17) is 18.6 Å². The fraction of sp³-hybridized carbons (Fsp3) is 0.241.